The van der Waals surface area contributed by atoms with Gasteiger partial charge in [0.2, 0.25) is 0 Å². The van der Waals surface area contributed by atoms with Crippen LogP contribution < -0.4 is 4.74 Å². The van der Waals surface area contributed by atoms with Crippen LogP contribution in [-0.4, -0.2) is 6.36 Å². The van der Waals surface area contributed by atoms with Gasteiger partial charge >= 0.3 is 6.36 Å². The van der Waals surface area contributed by atoms with Crippen molar-refractivity contribution in [3.63, 3.8) is 0 Å². The monoisotopic (exact) mass is 374 g/mol. The van der Waals surface area contributed by atoms with E-state index < -0.39 is 17.9 Å². The third-order valence-electron chi connectivity index (χ3n) is 4.20. The summed E-state index contributed by atoms with van der Waals surface area (Å²) in [5, 5.41) is 0. The van der Waals surface area contributed by atoms with Crippen molar-refractivity contribution in [3.05, 3.63) is 78.1 Å². The van der Waals surface area contributed by atoms with Crippen molar-refractivity contribution in [2.24, 2.45) is 0 Å². The van der Waals surface area contributed by atoms with E-state index in [9.17, 15) is 17.6 Å². The molecule has 27 heavy (non-hydrogen) atoms. The number of hydrogen-bond acceptors (Lipinski definition) is 1. The molecule has 3 aromatic carbocycles. The van der Waals surface area contributed by atoms with E-state index in [2.05, 4.69) is 35.9 Å². The first-order chi connectivity index (χ1) is 12.9. The number of rotatable bonds is 5. The van der Waals surface area contributed by atoms with Crippen molar-refractivity contribution in [1.29, 1.82) is 0 Å². The molecule has 0 N–H and O–H groups in total. The summed E-state index contributed by atoms with van der Waals surface area (Å²) in [5.74, 6) is -1.89. The van der Waals surface area contributed by atoms with Crippen LogP contribution in [0.5, 0.6) is 5.75 Å². The highest BCUT2D eigenvalue weighted by atomic mass is 19.4. The maximum absolute atomic E-state index is 13.9. The van der Waals surface area contributed by atoms with Gasteiger partial charge in [0.15, 0.2) is 11.6 Å². The molecule has 0 aromatic heterocycles. The quantitative estimate of drug-likeness (QED) is 0.436. The highest BCUT2D eigenvalue weighted by molar-refractivity contribution is 5.71. The molecule has 0 aliphatic carbocycles. The fraction of sp³-hybridized carbons (Fsp3) is 0.182. The molecule has 0 heterocycles. The fourth-order valence-electron chi connectivity index (χ4n) is 2.90. The van der Waals surface area contributed by atoms with E-state index in [4.69, 9.17) is 0 Å². The molecule has 0 spiro atoms. The fourth-order valence-corrected chi connectivity index (χ4v) is 2.90. The molecule has 0 unspecified atom stereocenters. The number of benzene rings is 3. The van der Waals surface area contributed by atoms with Crippen LogP contribution in [0.2, 0.25) is 0 Å². The Morgan fingerprint density at radius 1 is 0.741 bits per heavy atom. The van der Waals surface area contributed by atoms with E-state index in [1.54, 1.807) is 0 Å². The van der Waals surface area contributed by atoms with Crippen LogP contribution in [0.3, 0.4) is 0 Å². The Hall–Kier alpha value is -2.82. The molecule has 5 heteroatoms. The Labute approximate surface area is 155 Å². The van der Waals surface area contributed by atoms with Gasteiger partial charge in [-0.3, -0.25) is 0 Å². The number of alkyl halides is 3. The molecule has 3 aromatic rings. The molecule has 0 saturated carbocycles. The van der Waals surface area contributed by atoms with Crippen LogP contribution in [0.15, 0.2) is 66.7 Å². The zero-order valence-corrected chi connectivity index (χ0v) is 14.7. The van der Waals surface area contributed by atoms with Crippen LogP contribution in [0.4, 0.5) is 17.6 Å². The zero-order valence-electron chi connectivity index (χ0n) is 14.7. The number of halogens is 4. The Balaban J connectivity index is 1.80. The summed E-state index contributed by atoms with van der Waals surface area (Å²) in [7, 11) is 0. The first-order valence-corrected chi connectivity index (χ1v) is 8.61. The second-order valence-corrected chi connectivity index (χ2v) is 6.22. The van der Waals surface area contributed by atoms with Crippen molar-refractivity contribution >= 4 is 0 Å². The Kier molecular flexibility index (Phi) is 5.49. The van der Waals surface area contributed by atoms with Crippen LogP contribution in [0.1, 0.15) is 18.9 Å². The molecule has 1 nitrogen and oxygen atoms in total. The summed E-state index contributed by atoms with van der Waals surface area (Å²) in [6.45, 7) is 2.14. The van der Waals surface area contributed by atoms with Crippen LogP contribution >= 0.6 is 0 Å². The lowest BCUT2D eigenvalue weighted by molar-refractivity contribution is -0.275. The van der Waals surface area contributed by atoms with E-state index in [0.717, 1.165) is 36.1 Å². The van der Waals surface area contributed by atoms with Crippen molar-refractivity contribution in [1.82, 2.24) is 0 Å². The summed E-state index contributed by atoms with van der Waals surface area (Å²) in [5.41, 5.74) is 4.56. The van der Waals surface area contributed by atoms with Gasteiger partial charge in [0.05, 0.1) is 0 Å². The number of ether oxygens (including phenoxy) is 1. The SMILES string of the molecule is CCCc1ccc(-c2ccc(-c3ccc(OC(F)(F)F)c(F)c3)cc2)cc1. The first-order valence-electron chi connectivity index (χ1n) is 8.61. The minimum absolute atomic E-state index is 0.479. The molecule has 0 aliphatic heterocycles. The summed E-state index contributed by atoms with van der Waals surface area (Å²) < 4.78 is 54.2. The van der Waals surface area contributed by atoms with Crippen molar-refractivity contribution in [2.45, 2.75) is 26.1 Å². The van der Waals surface area contributed by atoms with Gasteiger partial charge in [-0.15, -0.1) is 13.2 Å². The molecule has 0 amide bonds. The third-order valence-corrected chi connectivity index (χ3v) is 4.20. The molecule has 140 valence electrons. The van der Waals surface area contributed by atoms with Gasteiger partial charge in [-0.2, -0.15) is 0 Å². The first kappa shape index (κ1) is 19.0. The summed E-state index contributed by atoms with van der Waals surface area (Å²) in [6.07, 6.45) is -2.78. The van der Waals surface area contributed by atoms with Crippen LogP contribution in [-0.2, 0) is 6.42 Å². The van der Waals surface area contributed by atoms with Crippen molar-refractivity contribution in [3.8, 4) is 28.0 Å². The smallest absolute Gasteiger partial charge is 0.403 e. The van der Waals surface area contributed by atoms with E-state index in [0.29, 0.717) is 11.1 Å². The average Bonchev–Trinajstić information content (AvgIpc) is 2.63. The molecular weight excluding hydrogens is 356 g/mol. The molecule has 0 saturated heterocycles. The van der Waals surface area contributed by atoms with Gasteiger partial charge in [-0.05, 0) is 46.4 Å². The third kappa shape index (κ3) is 4.88. The van der Waals surface area contributed by atoms with Gasteiger partial charge in [0, 0.05) is 0 Å². The predicted octanol–water partition coefficient (Wildman–Crippen LogP) is 7.01. The van der Waals surface area contributed by atoms with Gasteiger partial charge in [0.1, 0.15) is 0 Å². The Bertz CT molecular complexity index is 897. The minimum Gasteiger partial charge on any atom is -0.403 e. The average molecular weight is 374 g/mol. The Morgan fingerprint density at radius 2 is 1.22 bits per heavy atom. The van der Waals surface area contributed by atoms with E-state index in [-0.39, 0.29) is 0 Å². The molecule has 0 atom stereocenters. The van der Waals surface area contributed by atoms with E-state index in [1.165, 1.54) is 11.6 Å². The normalized spacial score (nSPS) is 11.4. The van der Waals surface area contributed by atoms with Crippen molar-refractivity contribution < 1.29 is 22.3 Å². The van der Waals surface area contributed by atoms with Gasteiger partial charge in [-0.25, -0.2) is 4.39 Å². The topological polar surface area (TPSA) is 9.23 Å². The molecule has 0 bridgehead atoms. The van der Waals surface area contributed by atoms with Crippen LogP contribution in [0, 0.1) is 5.82 Å². The number of aryl methyl sites for hydroxylation is 1. The number of hydrogen-bond donors (Lipinski definition) is 0. The Morgan fingerprint density at radius 3 is 1.70 bits per heavy atom. The largest absolute Gasteiger partial charge is 0.573 e. The summed E-state index contributed by atoms with van der Waals surface area (Å²) in [4.78, 5) is 0. The molecule has 0 fully saturated rings. The second-order valence-electron chi connectivity index (χ2n) is 6.22. The molecule has 0 aliphatic rings. The highest BCUT2D eigenvalue weighted by Gasteiger charge is 2.32. The second kappa shape index (κ2) is 7.82. The molecule has 3 rings (SSSR count). The lowest BCUT2D eigenvalue weighted by atomic mass is 9.99. The highest BCUT2D eigenvalue weighted by Crippen LogP contribution is 2.30. The predicted molar refractivity (Wildman–Crippen MR) is 98.0 cm³/mol. The lowest BCUT2D eigenvalue weighted by Gasteiger charge is -2.11. The van der Waals surface area contributed by atoms with E-state index in [1.807, 2.05) is 24.3 Å². The van der Waals surface area contributed by atoms with Gasteiger partial charge in [-0.1, -0.05) is 67.9 Å². The molecular formula is C22H18F4O. The van der Waals surface area contributed by atoms with Crippen molar-refractivity contribution in [2.75, 3.05) is 0 Å². The summed E-state index contributed by atoms with van der Waals surface area (Å²) in [6, 6.07) is 19.2. The van der Waals surface area contributed by atoms with Crippen LogP contribution in [0.25, 0.3) is 22.3 Å². The molecule has 0 radical (unpaired) electrons. The van der Waals surface area contributed by atoms with Gasteiger partial charge in [0.25, 0.3) is 0 Å². The van der Waals surface area contributed by atoms with Gasteiger partial charge < -0.3 is 4.74 Å². The maximum atomic E-state index is 13.9. The zero-order chi connectivity index (χ0) is 19.4. The minimum atomic E-state index is -4.92. The summed E-state index contributed by atoms with van der Waals surface area (Å²) >= 11 is 0. The van der Waals surface area contributed by atoms with E-state index >= 15 is 0 Å². The lowest BCUT2D eigenvalue weighted by Crippen LogP contribution is -2.17. The maximum Gasteiger partial charge on any atom is 0.573 e. The standard InChI is InChI=1S/C22H18F4O/c1-2-3-15-4-6-16(7-5-15)17-8-10-18(11-9-17)19-12-13-21(20(23)14-19)27-22(24,25)26/h4-14H,2-3H2,1H3.